The van der Waals surface area contributed by atoms with Gasteiger partial charge in [-0.05, 0) is 36.4 Å². The summed E-state index contributed by atoms with van der Waals surface area (Å²) in [4.78, 5) is 20.8. The number of para-hydroxylation sites is 1. The molecule has 5 aromatic rings. The van der Waals surface area contributed by atoms with E-state index in [1.165, 1.54) is 0 Å². The Labute approximate surface area is 154 Å². The number of pyridine rings is 1. The summed E-state index contributed by atoms with van der Waals surface area (Å²) in [6.07, 6.45) is 3.40. The Hall–Kier alpha value is -4.00. The zero-order valence-electron chi connectivity index (χ0n) is 14.2. The second-order valence-corrected chi connectivity index (χ2v) is 6.02. The van der Waals surface area contributed by atoms with Gasteiger partial charge in [-0.2, -0.15) is 9.97 Å². The van der Waals surface area contributed by atoms with Gasteiger partial charge in [-0.1, -0.05) is 24.3 Å². The molecule has 0 saturated carbocycles. The predicted molar refractivity (Wildman–Crippen MR) is 106 cm³/mol. The SMILES string of the molecule is c1ccc(Nc2nc(Nc3ccc4ncccc4c3)nc3nc[nH]c23)cc1. The molecule has 7 heteroatoms. The van der Waals surface area contributed by atoms with Crippen molar-refractivity contribution >= 4 is 45.2 Å². The second-order valence-electron chi connectivity index (χ2n) is 6.02. The second kappa shape index (κ2) is 6.38. The minimum absolute atomic E-state index is 0.469. The van der Waals surface area contributed by atoms with Gasteiger partial charge >= 0.3 is 0 Å². The van der Waals surface area contributed by atoms with E-state index in [0.717, 1.165) is 27.8 Å². The maximum Gasteiger partial charge on any atom is 0.231 e. The maximum absolute atomic E-state index is 4.62. The highest BCUT2D eigenvalue weighted by Gasteiger charge is 2.11. The fourth-order valence-corrected chi connectivity index (χ4v) is 2.92. The summed E-state index contributed by atoms with van der Waals surface area (Å²) in [6, 6.07) is 19.7. The summed E-state index contributed by atoms with van der Waals surface area (Å²) in [5, 5.41) is 7.62. The summed E-state index contributed by atoms with van der Waals surface area (Å²) >= 11 is 0. The first-order valence-corrected chi connectivity index (χ1v) is 8.50. The highest BCUT2D eigenvalue weighted by atomic mass is 15.2. The van der Waals surface area contributed by atoms with Crippen LogP contribution in [0.1, 0.15) is 0 Å². The first-order valence-electron chi connectivity index (χ1n) is 8.50. The molecule has 0 atom stereocenters. The van der Waals surface area contributed by atoms with Gasteiger partial charge < -0.3 is 15.6 Å². The molecule has 130 valence electrons. The number of nitrogens with zero attached hydrogens (tertiary/aromatic N) is 4. The van der Waals surface area contributed by atoms with E-state index >= 15 is 0 Å². The summed E-state index contributed by atoms with van der Waals surface area (Å²) in [5.41, 5.74) is 4.12. The Kier molecular flexibility index (Phi) is 3.61. The van der Waals surface area contributed by atoms with Crippen LogP contribution in [-0.2, 0) is 0 Å². The van der Waals surface area contributed by atoms with E-state index in [2.05, 4.69) is 35.6 Å². The van der Waals surface area contributed by atoms with E-state index in [1.807, 2.05) is 60.7 Å². The Balaban J connectivity index is 1.52. The first kappa shape index (κ1) is 15.3. The number of H-pyrrole nitrogens is 1. The number of rotatable bonds is 4. The molecule has 0 unspecified atom stereocenters. The van der Waals surface area contributed by atoms with Crippen LogP contribution >= 0.6 is 0 Å². The first-order chi connectivity index (χ1) is 13.3. The zero-order valence-corrected chi connectivity index (χ0v) is 14.2. The van der Waals surface area contributed by atoms with Crippen molar-refractivity contribution in [2.24, 2.45) is 0 Å². The van der Waals surface area contributed by atoms with E-state index in [4.69, 9.17) is 0 Å². The molecule has 5 rings (SSSR count). The predicted octanol–water partition coefficient (Wildman–Crippen LogP) is 4.39. The number of fused-ring (bicyclic) bond motifs is 2. The lowest BCUT2D eigenvalue weighted by molar-refractivity contribution is 1.19. The average Bonchev–Trinajstić information content (AvgIpc) is 3.18. The van der Waals surface area contributed by atoms with Crippen LogP contribution in [0.15, 0.2) is 73.2 Å². The van der Waals surface area contributed by atoms with Gasteiger partial charge in [-0.3, -0.25) is 4.98 Å². The Morgan fingerprint density at radius 2 is 1.70 bits per heavy atom. The summed E-state index contributed by atoms with van der Waals surface area (Å²) in [7, 11) is 0. The van der Waals surface area contributed by atoms with Crippen LogP contribution in [0.5, 0.6) is 0 Å². The van der Waals surface area contributed by atoms with Crippen molar-refractivity contribution in [2.75, 3.05) is 10.6 Å². The van der Waals surface area contributed by atoms with Gasteiger partial charge in [0.2, 0.25) is 5.95 Å². The molecule has 7 nitrogen and oxygen atoms in total. The minimum atomic E-state index is 0.469. The molecule has 0 bridgehead atoms. The monoisotopic (exact) mass is 353 g/mol. The summed E-state index contributed by atoms with van der Waals surface area (Å²) in [6.45, 7) is 0. The number of hydrogen-bond acceptors (Lipinski definition) is 6. The van der Waals surface area contributed by atoms with E-state index in [-0.39, 0.29) is 0 Å². The number of benzene rings is 2. The van der Waals surface area contributed by atoms with Crippen molar-refractivity contribution < 1.29 is 0 Å². The van der Waals surface area contributed by atoms with Crippen LogP contribution < -0.4 is 10.6 Å². The molecule has 0 radical (unpaired) electrons. The highest BCUT2D eigenvalue weighted by molar-refractivity contribution is 5.87. The van der Waals surface area contributed by atoms with Crippen LogP contribution in [0.2, 0.25) is 0 Å². The van der Waals surface area contributed by atoms with Crippen molar-refractivity contribution in [1.82, 2.24) is 24.9 Å². The molecule has 0 saturated heterocycles. The van der Waals surface area contributed by atoms with Gasteiger partial charge in [0.1, 0.15) is 5.52 Å². The lowest BCUT2D eigenvalue weighted by Crippen LogP contribution is -2.02. The fourth-order valence-electron chi connectivity index (χ4n) is 2.92. The average molecular weight is 353 g/mol. The van der Waals surface area contributed by atoms with Crippen molar-refractivity contribution in [3.63, 3.8) is 0 Å². The number of imidazole rings is 1. The zero-order chi connectivity index (χ0) is 18.1. The van der Waals surface area contributed by atoms with Crippen LogP contribution in [0.4, 0.5) is 23.1 Å². The van der Waals surface area contributed by atoms with E-state index in [0.29, 0.717) is 17.4 Å². The molecule has 27 heavy (non-hydrogen) atoms. The lowest BCUT2D eigenvalue weighted by atomic mass is 10.2. The number of anilines is 4. The molecule has 3 N–H and O–H groups in total. The van der Waals surface area contributed by atoms with E-state index in [1.54, 1.807) is 12.5 Å². The number of nitrogens with one attached hydrogen (secondary N) is 3. The summed E-state index contributed by atoms with van der Waals surface area (Å²) in [5.74, 6) is 1.13. The standard InChI is InChI=1S/C20H15N7/c1-2-6-14(7-3-1)24-19-17-18(23-12-22-17)26-20(27-19)25-15-8-9-16-13(11-15)5-4-10-21-16/h1-12H,(H3,22,23,24,25,26,27). The quantitative estimate of drug-likeness (QED) is 0.444. The maximum atomic E-state index is 4.62. The summed E-state index contributed by atoms with van der Waals surface area (Å²) < 4.78 is 0. The molecule has 0 aliphatic heterocycles. The molecule has 0 aliphatic carbocycles. The van der Waals surface area contributed by atoms with Gasteiger partial charge in [0.05, 0.1) is 11.8 Å². The van der Waals surface area contributed by atoms with Crippen LogP contribution in [0, 0.1) is 0 Å². The lowest BCUT2D eigenvalue weighted by Gasteiger charge is -2.10. The molecule has 2 aromatic carbocycles. The number of hydrogen-bond donors (Lipinski definition) is 3. The van der Waals surface area contributed by atoms with Gasteiger partial charge in [0, 0.05) is 23.0 Å². The third kappa shape index (κ3) is 3.02. The number of aromatic nitrogens is 5. The number of aromatic amines is 1. The fraction of sp³-hybridized carbons (Fsp3) is 0. The smallest absolute Gasteiger partial charge is 0.231 e. The van der Waals surface area contributed by atoms with Crippen LogP contribution in [-0.4, -0.2) is 24.9 Å². The van der Waals surface area contributed by atoms with Gasteiger partial charge in [-0.15, -0.1) is 0 Å². The van der Waals surface area contributed by atoms with E-state index < -0.39 is 0 Å². The molecular weight excluding hydrogens is 338 g/mol. The molecule has 0 amide bonds. The third-order valence-corrected chi connectivity index (χ3v) is 4.18. The minimum Gasteiger partial charge on any atom is -0.340 e. The Morgan fingerprint density at radius 1 is 0.778 bits per heavy atom. The highest BCUT2D eigenvalue weighted by Crippen LogP contribution is 2.25. The third-order valence-electron chi connectivity index (χ3n) is 4.18. The largest absolute Gasteiger partial charge is 0.340 e. The van der Waals surface area contributed by atoms with Crippen molar-refractivity contribution in [3.8, 4) is 0 Å². The van der Waals surface area contributed by atoms with Gasteiger partial charge in [-0.25, -0.2) is 4.98 Å². The van der Waals surface area contributed by atoms with Crippen molar-refractivity contribution in [1.29, 1.82) is 0 Å². The Bertz CT molecular complexity index is 1230. The normalized spacial score (nSPS) is 11.0. The van der Waals surface area contributed by atoms with Crippen LogP contribution in [0.3, 0.4) is 0 Å². The molecule has 0 spiro atoms. The van der Waals surface area contributed by atoms with Crippen molar-refractivity contribution in [2.45, 2.75) is 0 Å². The molecule has 0 fully saturated rings. The molecule has 0 aliphatic rings. The van der Waals surface area contributed by atoms with Gasteiger partial charge in [0.15, 0.2) is 11.5 Å². The Morgan fingerprint density at radius 3 is 2.63 bits per heavy atom. The van der Waals surface area contributed by atoms with Crippen molar-refractivity contribution in [3.05, 3.63) is 73.2 Å². The topological polar surface area (TPSA) is 91.4 Å². The van der Waals surface area contributed by atoms with Gasteiger partial charge in [0.25, 0.3) is 0 Å². The molecule has 3 aromatic heterocycles. The van der Waals surface area contributed by atoms with E-state index in [9.17, 15) is 0 Å². The molecular formula is C20H15N7. The molecule has 3 heterocycles. The van der Waals surface area contributed by atoms with Crippen LogP contribution in [0.25, 0.3) is 22.1 Å².